The number of likely N-dealkylation sites (tertiary alicyclic amines) is 1. The first-order chi connectivity index (χ1) is 25.4. The third-order valence-corrected chi connectivity index (χ3v) is 14.7. The van der Waals surface area contributed by atoms with Gasteiger partial charge in [-0.15, -0.1) is 0 Å². The highest BCUT2D eigenvalue weighted by molar-refractivity contribution is 6.06. The number of amides is 1. The van der Waals surface area contributed by atoms with Gasteiger partial charge in [0.2, 0.25) is 5.91 Å². The van der Waals surface area contributed by atoms with E-state index >= 15 is 0 Å². The van der Waals surface area contributed by atoms with Crippen LogP contribution in [0.15, 0.2) is 48.7 Å². The lowest BCUT2D eigenvalue weighted by Crippen LogP contribution is -2.82. The molecule has 11 heteroatoms. The summed E-state index contributed by atoms with van der Waals surface area (Å²) in [7, 11) is 5.09. The number of ether oxygens (including phenoxy) is 4. The average molecular weight is 730 g/mol. The van der Waals surface area contributed by atoms with Crippen LogP contribution in [0.1, 0.15) is 86.8 Å². The van der Waals surface area contributed by atoms with Gasteiger partial charge in [0.1, 0.15) is 16.8 Å². The smallest absolute Gasteiger partial charge is 0.340 e. The number of nitrogens with one attached hydrogen (secondary N) is 1. The molecule has 286 valence electrons. The first kappa shape index (κ1) is 36.8. The molecule has 1 aromatic carbocycles. The molecule has 2 heterocycles. The summed E-state index contributed by atoms with van der Waals surface area (Å²) in [6, 6.07) is 10.8. The number of hydrogen-bond acceptors (Lipinski definition) is 10. The maximum atomic E-state index is 14.5. The second kappa shape index (κ2) is 13.2. The maximum absolute atomic E-state index is 14.5. The number of anilines is 1. The standard InChI is InChI=1S/C42H55N3O8/c1-7-45-23-39(53-38(47)29-10-8-9-11-31(29)44-35(46)13-12-27-18-25(24(2)3)15-17-43-27)16-14-34(51-5)41-32(39)21-30(36(41)45)40(48)22-28(50-4)19-26-20-33(41)42(40,49)37(26)52-6/h8-13,15,17-18,24,26,28,30,32-34,36-37,48-49H,7,14,16,19-23H2,1-6H3,(H,44,46)/b13-12+/t26-,28+,30+,32+,33-,34-,36?,37-,39+,40-,41-,42-/m0/s1. The number of fused-ring (bicyclic) bond motifs is 2. The Morgan fingerprint density at radius 2 is 1.85 bits per heavy atom. The van der Waals surface area contributed by atoms with Gasteiger partial charge in [-0.3, -0.25) is 14.7 Å². The molecule has 5 aliphatic carbocycles. The van der Waals surface area contributed by atoms with Crippen molar-refractivity contribution in [1.29, 1.82) is 0 Å². The third-order valence-electron chi connectivity index (χ3n) is 14.7. The number of para-hydroxylation sites is 1. The van der Waals surface area contributed by atoms with Gasteiger partial charge in [-0.25, -0.2) is 4.79 Å². The number of likely N-dealkylation sites (N-methyl/N-ethyl adjacent to an activating group) is 1. The van der Waals surface area contributed by atoms with Gasteiger partial charge in [0.15, 0.2) is 0 Å². The molecule has 5 saturated carbocycles. The lowest BCUT2D eigenvalue weighted by Gasteiger charge is -2.70. The molecule has 11 nitrogen and oxygen atoms in total. The van der Waals surface area contributed by atoms with Crippen molar-refractivity contribution in [2.24, 2.45) is 29.1 Å². The van der Waals surface area contributed by atoms with Gasteiger partial charge >= 0.3 is 5.97 Å². The van der Waals surface area contributed by atoms with Crippen LogP contribution in [0.5, 0.6) is 0 Å². The number of methoxy groups -OCH3 is 3. The number of pyridine rings is 1. The normalized spacial score (nSPS) is 41.1. The molecule has 3 N–H and O–H groups in total. The summed E-state index contributed by atoms with van der Waals surface area (Å²) in [6.07, 6.45) is 7.36. The van der Waals surface area contributed by atoms with Gasteiger partial charge < -0.3 is 34.5 Å². The summed E-state index contributed by atoms with van der Waals surface area (Å²) < 4.78 is 25.4. The highest BCUT2D eigenvalue weighted by Gasteiger charge is 2.88. The topological polar surface area (TPSA) is 140 Å². The summed E-state index contributed by atoms with van der Waals surface area (Å²) in [4.78, 5) is 34.5. The zero-order chi connectivity index (χ0) is 37.5. The average Bonchev–Trinajstić information content (AvgIpc) is 3.55. The number of carbonyl (C=O) groups excluding carboxylic acids is 2. The third kappa shape index (κ3) is 5.10. The lowest BCUT2D eigenvalue weighted by atomic mass is 9.43. The Bertz CT molecular complexity index is 1790. The second-order valence-corrected chi connectivity index (χ2v) is 16.9. The van der Waals surface area contributed by atoms with Crippen LogP contribution in [-0.4, -0.2) is 108 Å². The minimum atomic E-state index is -1.52. The highest BCUT2D eigenvalue weighted by atomic mass is 16.6. The van der Waals surface area contributed by atoms with E-state index in [1.165, 1.54) is 6.08 Å². The number of aliphatic hydroxyl groups is 2. The van der Waals surface area contributed by atoms with E-state index in [1.807, 2.05) is 12.1 Å². The Morgan fingerprint density at radius 3 is 2.57 bits per heavy atom. The molecule has 8 rings (SSSR count). The van der Waals surface area contributed by atoms with Gasteiger partial charge in [0.05, 0.1) is 35.3 Å². The van der Waals surface area contributed by atoms with Gasteiger partial charge in [0.25, 0.3) is 0 Å². The van der Waals surface area contributed by atoms with Crippen LogP contribution in [0.2, 0.25) is 0 Å². The Labute approximate surface area is 312 Å². The summed E-state index contributed by atoms with van der Waals surface area (Å²) in [5, 5.41) is 29.2. The van der Waals surface area contributed by atoms with Crippen molar-refractivity contribution in [2.45, 2.75) is 106 Å². The molecule has 1 unspecified atom stereocenters. The SMILES string of the molecule is CCN1C[C@]2(OC(=O)c3ccccc3NC(=O)/C=C/c3cc(C(C)C)ccn3)CC[C@H](OC)[C@]34C1[C@@H](C[C@H]23)[C@@]1(O)C[C@H](OC)C[C@H]2C[C@@H]4[C@]1(O)[C@H]2OC. The number of nitrogens with zero attached hydrogens (tertiary/aromatic N) is 2. The van der Waals surface area contributed by atoms with E-state index in [4.69, 9.17) is 18.9 Å². The van der Waals surface area contributed by atoms with Crippen LogP contribution in [0.25, 0.3) is 6.08 Å². The number of rotatable bonds is 10. The van der Waals surface area contributed by atoms with Crippen LogP contribution in [0.4, 0.5) is 5.69 Å². The minimum Gasteiger partial charge on any atom is -0.454 e. The summed E-state index contributed by atoms with van der Waals surface area (Å²) >= 11 is 0. The van der Waals surface area contributed by atoms with Crippen molar-refractivity contribution in [3.8, 4) is 0 Å². The molecule has 6 fully saturated rings. The van der Waals surface area contributed by atoms with Crippen LogP contribution in [0, 0.1) is 29.1 Å². The second-order valence-electron chi connectivity index (χ2n) is 16.9. The van der Waals surface area contributed by atoms with Crippen molar-refractivity contribution >= 4 is 23.6 Å². The van der Waals surface area contributed by atoms with E-state index in [9.17, 15) is 19.8 Å². The molecule has 1 amide bonds. The predicted molar refractivity (Wildman–Crippen MR) is 198 cm³/mol. The van der Waals surface area contributed by atoms with E-state index in [2.05, 4.69) is 36.0 Å². The fraction of sp³-hybridized carbons (Fsp3) is 0.643. The first-order valence-corrected chi connectivity index (χ1v) is 19.5. The number of carbonyl (C=O) groups is 2. The molecule has 1 aliphatic heterocycles. The highest BCUT2D eigenvalue weighted by Crippen LogP contribution is 2.78. The molecule has 1 spiro atoms. The van der Waals surface area contributed by atoms with Gasteiger partial charge in [-0.2, -0.15) is 0 Å². The fourth-order valence-corrected chi connectivity index (χ4v) is 12.9. The van der Waals surface area contributed by atoms with E-state index in [-0.39, 0.29) is 53.4 Å². The molecule has 1 aromatic heterocycles. The maximum Gasteiger partial charge on any atom is 0.340 e. The molecule has 1 saturated heterocycles. The predicted octanol–water partition coefficient (Wildman–Crippen LogP) is 4.82. The lowest BCUT2D eigenvalue weighted by molar-refractivity contribution is -0.328. The number of hydrogen-bond donors (Lipinski definition) is 3. The number of piperidine rings is 1. The summed E-state index contributed by atoms with van der Waals surface area (Å²) in [5.41, 5.74) is -2.05. The number of aromatic nitrogens is 1. The quantitative estimate of drug-likeness (QED) is 0.230. The van der Waals surface area contributed by atoms with Gasteiger partial charge in [0, 0.05) is 75.8 Å². The van der Waals surface area contributed by atoms with Crippen molar-refractivity contribution in [1.82, 2.24) is 9.88 Å². The molecule has 12 atom stereocenters. The Balaban J connectivity index is 1.14. The summed E-state index contributed by atoms with van der Waals surface area (Å²) in [6.45, 7) is 7.54. The van der Waals surface area contributed by atoms with Crippen LogP contribution >= 0.6 is 0 Å². The van der Waals surface area contributed by atoms with E-state index in [1.54, 1.807) is 57.9 Å². The van der Waals surface area contributed by atoms with Crippen molar-refractivity contribution in [3.05, 3.63) is 65.5 Å². The molecule has 2 aromatic rings. The monoisotopic (exact) mass is 729 g/mol. The molecular formula is C42H55N3O8. The number of benzene rings is 1. The molecular weight excluding hydrogens is 674 g/mol. The van der Waals surface area contributed by atoms with E-state index < -0.39 is 34.3 Å². The molecule has 6 aliphatic rings. The number of esters is 1. The van der Waals surface area contributed by atoms with Gasteiger partial charge in [-0.05, 0) is 86.4 Å². The van der Waals surface area contributed by atoms with Crippen LogP contribution < -0.4 is 5.32 Å². The van der Waals surface area contributed by atoms with E-state index in [0.29, 0.717) is 68.9 Å². The van der Waals surface area contributed by atoms with Crippen molar-refractivity contribution in [2.75, 3.05) is 39.7 Å². The van der Waals surface area contributed by atoms with Crippen LogP contribution in [0.3, 0.4) is 0 Å². The minimum absolute atomic E-state index is 0.00523. The molecule has 53 heavy (non-hydrogen) atoms. The van der Waals surface area contributed by atoms with Crippen molar-refractivity contribution in [3.63, 3.8) is 0 Å². The zero-order valence-corrected chi connectivity index (χ0v) is 31.8. The molecule has 7 bridgehead atoms. The van der Waals surface area contributed by atoms with Crippen LogP contribution in [-0.2, 0) is 23.7 Å². The Kier molecular flexibility index (Phi) is 9.18. The van der Waals surface area contributed by atoms with Gasteiger partial charge in [-0.1, -0.05) is 32.9 Å². The Morgan fingerprint density at radius 1 is 1.06 bits per heavy atom. The first-order valence-electron chi connectivity index (χ1n) is 19.5. The van der Waals surface area contributed by atoms with Crippen molar-refractivity contribution < 1.29 is 38.7 Å². The molecule has 0 radical (unpaired) electrons. The summed E-state index contributed by atoms with van der Waals surface area (Å²) in [5.74, 6) is -1.39. The largest absolute Gasteiger partial charge is 0.454 e. The zero-order valence-electron chi connectivity index (χ0n) is 31.8. The van der Waals surface area contributed by atoms with E-state index in [0.717, 1.165) is 5.56 Å². The Hall–Kier alpha value is -3.19. The fourth-order valence-electron chi connectivity index (χ4n) is 12.9.